The SMILES string of the molecule is CC(C)C1=Nc2c(c3ccc(-c4ccc5c(c4)c4ccccc4c4nc(C(C)C)[nH]c54)cc3c3ncccc23)C1. The molecule has 7 aromatic rings. The molecule has 0 bridgehead atoms. The summed E-state index contributed by atoms with van der Waals surface area (Å²) in [5, 5.41) is 8.48. The maximum absolute atomic E-state index is 5.08. The molecule has 4 nitrogen and oxygen atoms in total. The molecule has 1 N–H and O–H groups in total. The molecule has 1 aliphatic heterocycles. The lowest BCUT2D eigenvalue weighted by atomic mass is 9.91. The molecule has 2 aromatic heterocycles. The minimum atomic E-state index is 0.338. The predicted octanol–water partition coefficient (Wildman–Crippen LogP) is 9.65. The fourth-order valence-corrected chi connectivity index (χ4v) is 6.43. The molecule has 0 amide bonds. The summed E-state index contributed by atoms with van der Waals surface area (Å²) in [6.45, 7) is 8.83. The second-order valence-corrected chi connectivity index (χ2v) is 11.7. The zero-order valence-corrected chi connectivity index (χ0v) is 23.2. The highest BCUT2D eigenvalue weighted by Crippen LogP contribution is 2.43. The van der Waals surface area contributed by atoms with Gasteiger partial charge >= 0.3 is 0 Å². The summed E-state index contributed by atoms with van der Waals surface area (Å²) >= 11 is 0. The first-order valence-electron chi connectivity index (χ1n) is 14.2. The smallest absolute Gasteiger partial charge is 0.109 e. The molecule has 8 rings (SSSR count). The number of aromatic amines is 1. The molecule has 5 aromatic carbocycles. The topological polar surface area (TPSA) is 53.9 Å². The minimum absolute atomic E-state index is 0.338. The zero-order chi connectivity index (χ0) is 27.1. The van der Waals surface area contributed by atoms with Gasteiger partial charge in [0.15, 0.2) is 0 Å². The van der Waals surface area contributed by atoms with Gasteiger partial charge in [-0.05, 0) is 63.0 Å². The van der Waals surface area contributed by atoms with E-state index < -0.39 is 0 Å². The van der Waals surface area contributed by atoms with Crippen molar-refractivity contribution in [3.05, 3.63) is 90.4 Å². The number of nitrogens with one attached hydrogen (secondary N) is 1. The summed E-state index contributed by atoms with van der Waals surface area (Å²) in [6.07, 6.45) is 2.81. The highest BCUT2D eigenvalue weighted by Gasteiger charge is 2.23. The number of benzene rings is 5. The van der Waals surface area contributed by atoms with Gasteiger partial charge in [-0.25, -0.2) is 4.98 Å². The van der Waals surface area contributed by atoms with Crippen LogP contribution in [0.25, 0.3) is 65.4 Å². The predicted molar refractivity (Wildman–Crippen MR) is 169 cm³/mol. The van der Waals surface area contributed by atoms with E-state index in [0.717, 1.165) is 39.9 Å². The lowest BCUT2D eigenvalue weighted by molar-refractivity contribution is 0.799. The highest BCUT2D eigenvalue weighted by molar-refractivity contribution is 6.24. The molecular weight excluding hydrogens is 488 g/mol. The Balaban J connectivity index is 1.37. The van der Waals surface area contributed by atoms with Crippen molar-refractivity contribution in [2.24, 2.45) is 10.9 Å². The number of hydrogen-bond acceptors (Lipinski definition) is 3. The van der Waals surface area contributed by atoms with E-state index in [2.05, 4.69) is 99.4 Å². The van der Waals surface area contributed by atoms with Gasteiger partial charge in [0.05, 0.1) is 22.2 Å². The number of imidazole rings is 1. The molecule has 40 heavy (non-hydrogen) atoms. The molecular formula is C36H30N4. The van der Waals surface area contributed by atoms with Crippen LogP contribution in [-0.2, 0) is 6.42 Å². The van der Waals surface area contributed by atoms with Gasteiger partial charge < -0.3 is 4.98 Å². The number of hydrogen-bond donors (Lipinski definition) is 1. The quantitative estimate of drug-likeness (QED) is 0.237. The Morgan fingerprint density at radius 1 is 0.650 bits per heavy atom. The van der Waals surface area contributed by atoms with Gasteiger partial charge in [0, 0.05) is 45.8 Å². The molecule has 0 unspecified atom stereocenters. The molecule has 0 atom stereocenters. The van der Waals surface area contributed by atoms with Crippen molar-refractivity contribution in [1.29, 1.82) is 0 Å². The lowest BCUT2D eigenvalue weighted by Gasteiger charge is -2.13. The zero-order valence-electron chi connectivity index (χ0n) is 23.2. The fraction of sp³-hybridized carbons (Fsp3) is 0.194. The van der Waals surface area contributed by atoms with Crippen molar-refractivity contribution in [3.63, 3.8) is 0 Å². The summed E-state index contributed by atoms with van der Waals surface area (Å²) in [7, 11) is 0. The summed E-state index contributed by atoms with van der Waals surface area (Å²) in [5.74, 6) is 1.80. The molecule has 0 radical (unpaired) electrons. The average Bonchev–Trinajstić information content (AvgIpc) is 3.64. The average molecular weight is 519 g/mol. The Kier molecular flexibility index (Phi) is 4.94. The Morgan fingerprint density at radius 2 is 1.38 bits per heavy atom. The molecule has 0 fully saturated rings. The molecule has 0 saturated heterocycles. The van der Waals surface area contributed by atoms with Gasteiger partial charge in [-0.1, -0.05) is 76.2 Å². The molecule has 4 heteroatoms. The third-order valence-corrected chi connectivity index (χ3v) is 8.59. The lowest BCUT2D eigenvalue weighted by Crippen LogP contribution is -2.06. The van der Waals surface area contributed by atoms with Crippen molar-refractivity contribution in [2.45, 2.75) is 40.0 Å². The van der Waals surface area contributed by atoms with Crippen LogP contribution in [-0.4, -0.2) is 20.7 Å². The molecule has 1 aliphatic rings. The second kappa shape index (κ2) is 8.46. The van der Waals surface area contributed by atoms with Crippen molar-refractivity contribution in [2.75, 3.05) is 0 Å². The van der Waals surface area contributed by atoms with Gasteiger partial charge in [-0.2, -0.15) is 0 Å². The minimum Gasteiger partial charge on any atom is -0.341 e. The third kappa shape index (κ3) is 3.29. The van der Waals surface area contributed by atoms with E-state index in [1.54, 1.807) is 0 Å². The van der Waals surface area contributed by atoms with Crippen molar-refractivity contribution in [3.8, 4) is 11.1 Å². The van der Waals surface area contributed by atoms with E-state index in [9.17, 15) is 0 Å². The highest BCUT2D eigenvalue weighted by atomic mass is 14.9. The molecule has 194 valence electrons. The second-order valence-electron chi connectivity index (χ2n) is 11.7. The van der Waals surface area contributed by atoms with Crippen LogP contribution in [0.3, 0.4) is 0 Å². The van der Waals surface area contributed by atoms with E-state index in [1.165, 1.54) is 54.7 Å². The Bertz CT molecular complexity index is 2200. The van der Waals surface area contributed by atoms with Crippen LogP contribution < -0.4 is 0 Å². The number of rotatable bonds is 3. The van der Waals surface area contributed by atoms with Gasteiger partial charge in [0.2, 0.25) is 0 Å². The molecule has 0 aliphatic carbocycles. The van der Waals surface area contributed by atoms with Crippen LogP contribution in [0.15, 0.2) is 84.0 Å². The molecule has 0 saturated carbocycles. The Hall–Kier alpha value is -4.57. The van der Waals surface area contributed by atoms with Gasteiger partial charge in [-0.3, -0.25) is 9.98 Å². The number of fused-ring (bicyclic) bond motifs is 12. The van der Waals surface area contributed by atoms with E-state index in [4.69, 9.17) is 15.0 Å². The van der Waals surface area contributed by atoms with E-state index >= 15 is 0 Å². The van der Waals surface area contributed by atoms with Crippen molar-refractivity contribution < 1.29 is 0 Å². The largest absolute Gasteiger partial charge is 0.341 e. The third-order valence-electron chi connectivity index (χ3n) is 8.59. The number of H-pyrrole nitrogens is 1. The van der Waals surface area contributed by atoms with Gasteiger partial charge in [0.1, 0.15) is 5.82 Å². The monoisotopic (exact) mass is 518 g/mol. The molecule has 3 heterocycles. The van der Waals surface area contributed by atoms with Crippen LogP contribution in [0.5, 0.6) is 0 Å². The first-order valence-corrected chi connectivity index (χ1v) is 14.2. The number of aliphatic imine (C=N–C) groups is 1. The normalized spacial score (nSPS) is 13.5. The fourth-order valence-electron chi connectivity index (χ4n) is 6.43. The van der Waals surface area contributed by atoms with Crippen LogP contribution in [0.4, 0.5) is 5.69 Å². The number of nitrogens with zero attached hydrogens (tertiary/aromatic N) is 3. The maximum atomic E-state index is 5.08. The first kappa shape index (κ1) is 23.3. The standard InChI is InChI=1S/C36H30N4/c1-19(2)31-18-30-24-13-11-22(17-29(24)32-27(33(30)38-31)10-7-15-37-32)21-12-14-26-28(16-21)23-8-5-6-9-25(23)34-35(26)40-36(39-34)20(3)4/h5-17,19-20H,18H2,1-4H3,(H,39,40). The van der Waals surface area contributed by atoms with Gasteiger partial charge in [0.25, 0.3) is 0 Å². The molecule has 0 spiro atoms. The Labute approximate surface area is 232 Å². The Morgan fingerprint density at radius 3 is 2.15 bits per heavy atom. The van der Waals surface area contributed by atoms with E-state index in [0.29, 0.717) is 11.8 Å². The van der Waals surface area contributed by atoms with E-state index in [-0.39, 0.29) is 0 Å². The summed E-state index contributed by atoms with van der Waals surface area (Å²) in [4.78, 5) is 18.6. The van der Waals surface area contributed by atoms with Crippen molar-refractivity contribution in [1.82, 2.24) is 15.0 Å². The summed E-state index contributed by atoms with van der Waals surface area (Å²) < 4.78 is 0. The van der Waals surface area contributed by atoms with Crippen LogP contribution >= 0.6 is 0 Å². The summed E-state index contributed by atoms with van der Waals surface area (Å²) in [5.41, 5.74) is 9.29. The number of pyridine rings is 1. The summed E-state index contributed by atoms with van der Waals surface area (Å²) in [6, 6.07) is 26.6. The maximum Gasteiger partial charge on any atom is 0.109 e. The van der Waals surface area contributed by atoms with Crippen LogP contribution in [0, 0.1) is 5.92 Å². The van der Waals surface area contributed by atoms with Crippen LogP contribution in [0.1, 0.15) is 45.0 Å². The first-order chi connectivity index (χ1) is 19.5. The van der Waals surface area contributed by atoms with Crippen LogP contribution in [0.2, 0.25) is 0 Å². The van der Waals surface area contributed by atoms with Gasteiger partial charge in [-0.15, -0.1) is 0 Å². The van der Waals surface area contributed by atoms with E-state index in [1.807, 2.05) is 12.3 Å². The number of aromatic nitrogens is 3. The van der Waals surface area contributed by atoms with Crippen molar-refractivity contribution >= 4 is 65.7 Å².